The van der Waals surface area contributed by atoms with E-state index in [4.69, 9.17) is 9.72 Å². The Morgan fingerprint density at radius 2 is 1.80 bits per heavy atom. The summed E-state index contributed by atoms with van der Waals surface area (Å²) in [5, 5.41) is 5.01. The van der Waals surface area contributed by atoms with E-state index in [1.807, 2.05) is 58.9 Å². The Hall–Kier alpha value is -3.22. The van der Waals surface area contributed by atoms with Crippen LogP contribution in [-0.4, -0.2) is 51.2 Å². The third-order valence-electron chi connectivity index (χ3n) is 5.12. The number of nitrogens with zero attached hydrogens (tertiary/aromatic N) is 4. The molecule has 0 aliphatic carbocycles. The van der Waals surface area contributed by atoms with Gasteiger partial charge in [-0.05, 0) is 40.7 Å². The zero-order valence-electron chi connectivity index (χ0n) is 18.3. The minimum absolute atomic E-state index is 0.0289. The number of ether oxygens (including phenoxy) is 1. The first-order chi connectivity index (χ1) is 14.2. The second-order valence-electron chi connectivity index (χ2n) is 8.02. The van der Waals surface area contributed by atoms with E-state index in [1.165, 1.54) is 0 Å². The lowest BCUT2D eigenvalue weighted by atomic mass is 10.1. The first-order valence-corrected chi connectivity index (χ1v) is 10.1. The van der Waals surface area contributed by atoms with Crippen molar-refractivity contribution in [3.8, 4) is 11.3 Å². The second-order valence-corrected chi connectivity index (χ2v) is 8.02. The molecule has 3 rings (SSSR count). The van der Waals surface area contributed by atoms with Crippen LogP contribution < -0.4 is 0 Å². The lowest BCUT2D eigenvalue weighted by Gasteiger charge is -2.21. The molecule has 0 saturated carbocycles. The molecule has 0 fully saturated rings. The summed E-state index contributed by atoms with van der Waals surface area (Å²) >= 11 is 0. The minimum atomic E-state index is -0.565. The van der Waals surface area contributed by atoms with Crippen molar-refractivity contribution in [3.63, 3.8) is 0 Å². The molecular formula is C23H28N4O3. The molecule has 0 atom stereocenters. The van der Waals surface area contributed by atoms with E-state index < -0.39 is 5.97 Å². The molecule has 30 heavy (non-hydrogen) atoms. The van der Waals surface area contributed by atoms with E-state index in [2.05, 4.69) is 5.10 Å². The third-order valence-corrected chi connectivity index (χ3v) is 5.12. The molecule has 0 radical (unpaired) electrons. The fraction of sp³-hybridized carbons (Fsp3) is 0.391. The Kier molecular flexibility index (Phi) is 6.20. The van der Waals surface area contributed by atoms with Crippen LogP contribution in [0.15, 0.2) is 36.5 Å². The average Bonchev–Trinajstić information content (AvgIpc) is 3.15. The summed E-state index contributed by atoms with van der Waals surface area (Å²) in [6, 6.07) is 9.75. The Bertz CT molecular complexity index is 1070. The lowest BCUT2D eigenvalue weighted by molar-refractivity contribution is -0.134. The van der Waals surface area contributed by atoms with E-state index in [-0.39, 0.29) is 24.6 Å². The van der Waals surface area contributed by atoms with Crippen LogP contribution in [0.4, 0.5) is 0 Å². The predicted octanol–water partition coefficient (Wildman–Crippen LogP) is 4.01. The Morgan fingerprint density at radius 3 is 2.40 bits per heavy atom. The molecule has 158 valence electrons. The Balaban J connectivity index is 2.01. The van der Waals surface area contributed by atoms with Gasteiger partial charge in [-0.15, -0.1) is 0 Å². The molecule has 3 aromatic rings. The number of carbonyl (C=O) groups excluding carboxylic acids is 2. The van der Waals surface area contributed by atoms with Gasteiger partial charge in [-0.25, -0.2) is 14.5 Å². The number of pyridine rings is 1. The van der Waals surface area contributed by atoms with Crippen LogP contribution in [0.2, 0.25) is 0 Å². The number of aromatic nitrogens is 3. The molecule has 7 heteroatoms. The van der Waals surface area contributed by atoms with Gasteiger partial charge in [0.15, 0.2) is 12.3 Å². The highest BCUT2D eigenvalue weighted by Gasteiger charge is 2.21. The zero-order chi connectivity index (χ0) is 22.0. The smallest absolute Gasteiger partial charge is 0.339 e. The van der Waals surface area contributed by atoms with E-state index >= 15 is 0 Å². The summed E-state index contributed by atoms with van der Waals surface area (Å²) < 4.78 is 7.13. The fourth-order valence-corrected chi connectivity index (χ4v) is 3.03. The van der Waals surface area contributed by atoms with Crippen LogP contribution in [0.5, 0.6) is 0 Å². The van der Waals surface area contributed by atoms with Crippen molar-refractivity contribution < 1.29 is 14.3 Å². The van der Waals surface area contributed by atoms with Crippen molar-refractivity contribution in [2.45, 2.75) is 46.7 Å². The molecule has 7 nitrogen and oxygen atoms in total. The molecule has 0 bridgehead atoms. The number of rotatable bonds is 6. The van der Waals surface area contributed by atoms with Crippen LogP contribution in [0.3, 0.4) is 0 Å². The number of likely N-dealkylation sites (N-methyl/N-ethyl adjacent to an activating group) is 1. The standard InChI is InChI=1S/C23H28N4O3/c1-14(2)26(6)21(28)13-30-23(29)18-11-20(17-9-7-16(5)8-10-17)25-22-19(18)12-24-27(22)15(3)4/h7-12,14-15H,13H2,1-6H3. The minimum Gasteiger partial charge on any atom is -0.452 e. The summed E-state index contributed by atoms with van der Waals surface area (Å²) in [5.41, 5.74) is 3.65. The Labute approximate surface area is 176 Å². The maximum Gasteiger partial charge on any atom is 0.339 e. The molecular weight excluding hydrogens is 380 g/mol. The number of aryl methyl sites for hydroxylation is 1. The van der Waals surface area contributed by atoms with Crippen LogP contribution in [-0.2, 0) is 9.53 Å². The van der Waals surface area contributed by atoms with Gasteiger partial charge in [-0.2, -0.15) is 5.10 Å². The first kappa shape index (κ1) is 21.5. The number of esters is 1. The van der Waals surface area contributed by atoms with Gasteiger partial charge in [-0.3, -0.25) is 4.79 Å². The zero-order valence-corrected chi connectivity index (χ0v) is 18.3. The maximum absolute atomic E-state index is 12.9. The highest BCUT2D eigenvalue weighted by Crippen LogP contribution is 2.27. The van der Waals surface area contributed by atoms with Crippen molar-refractivity contribution >= 4 is 22.9 Å². The monoisotopic (exact) mass is 408 g/mol. The van der Waals surface area contributed by atoms with Gasteiger partial charge in [0.05, 0.1) is 22.8 Å². The first-order valence-electron chi connectivity index (χ1n) is 10.1. The number of carbonyl (C=O) groups is 2. The molecule has 0 aliphatic rings. The summed E-state index contributed by atoms with van der Waals surface area (Å²) in [6.07, 6.45) is 1.62. The maximum atomic E-state index is 12.9. The van der Waals surface area contributed by atoms with Gasteiger partial charge >= 0.3 is 5.97 Å². The van der Waals surface area contributed by atoms with Gasteiger partial charge in [0.25, 0.3) is 5.91 Å². The summed E-state index contributed by atoms with van der Waals surface area (Å²) in [7, 11) is 1.69. The highest BCUT2D eigenvalue weighted by molar-refractivity contribution is 6.04. The molecule has 0 saturated heterocycles. The molecule has 0 unspecified atom stereocenters. The molecule has 1 amide bonds. The number of hydrogen-bond acceptors (Lipinski definition) is 5. The van der Waals surface area contributed by atoms with E-state index in [9.17, 15) is 9.59 Å². The molecule has 0 aliphatic heterocycles. The number of hydrogen-bond donors (Lipinski definition) is 0. The second kappa shape index (κ2) is 8.65. The van der Waals surface area contributed by atoms with Crippen LogP contribution in [0.25, 0.3) is 22.3 Å². The van der Waals surface area contributed by atoms with Crippen molar-refractivity contribution in [3.05, 3.63) is 47.7 Å². The van der Waals surface area contributed by atoms with Crippen LogP contribution >= 0.6 is 0 Å². The van der Waals surface area contributed by atoms with E-state index in [1.54, 1.807) is 28.9 Å². The van der Waals surface area contributed by atoms with Gasteiger partial charge < -0.3 is 9.64 Å². The van der Waals surface area contributed by atoms with Gasteiger partial charge in [0.2, 0.25) is 0 Å². The molecule has 0 N–H and O–H groups in total. The summed E-state index contributed by atoms with van der Waals surface area (Å²) in [4.78, 5) is 31.4. The lowest BCUT2D eigenvalue weighted by Crippen LogP contribution is -2.36. The van der Waals surface area contributed by atoms with Gasteiger partial charge in [-0.1, -0.05) is 29.8 Å². The molecule has 0 spiro atoms. The molecule has 1 aromatic carbocycles. The van der Waals surface area contributed by atoms with Gasteiger partial charge in [0, 0.05) is 24.7 Å². The predicted molar refractivity (Wildman–Crippen MR) is 116 cm³/mol. The quantitative estimate of drug-likeness (QED) is 0.576. The Morgan fingerprint density at radius 1 is 1.13 bits per heavy atom. The summed E-state index contributed by atoms with van der Waals surface area (Å²) in [5.74, 6) is -0.815. The van der Waals surface area contributed by atoms with Crippen molar-refractivity contribution in [1.29, 1.82) is 0 Å². The normalized spacial score (nSPS) is 11.3. The third kappa shape index (κ3) is 4.35. The summed E-state index contributed by atoms with van der Waals surface area (Å²) in [6.45, 7) is 9.52. The fourth-order valence-electron chi connectivity index (χ4n) is 3.03. The van der Waals surface area contributed by atoms with Crippen LogP contribution in [0, 0.1) is 6.92 Å². The van der Waals surface area contributed by atoms with Crippen molar-refractivity contribution in [1.82, 2.24) is 19.7 Å². The average molecular weight is 409 g/mol. The number of benzene rings is 1. The van der Waals surface area contributed by atoms with Crippen LogP contribution in [0.1, 0.15) is 49.7 Å². The largest absolute Gasteiger partial charge is 0.452 e. The number of amides is 1. The van der Waals surface area contributed by atoms with Gasteiger partial charge in [0.1, 0.15) is 0 Å². The van der Waals surface area contributed by atoms with Crippen molar-refractivity contribution in [2.75, 3.05) is 13.7 Å². The molecule has 2 heterocycles. The number of fused-ring (bicyclic) bond motifs is 1. The SMILES string of the molecule is Cc1ccc(-c2cc(C(=O)OCC(=O)N(C)C(C)C)c3cnn(C(C)C)c3n2)cc1. The van der Waals surface area contributed by atoms with E-state index in [0.29, 0.717) is 22.3 Å². The van der Waals surface area contributed by atoms with E-state index in [0.717, 1.165) is 11.1 Å². The highest BCUT2D eigenvalue weighted by atomic mass is 16.5. The van der Waals surface area contributed by atoms with Crippen molar-refractivity contribution in [2.24, 2.45) is 0 Å². The molecule has 2 aromatic heterocycles. The topological polar surface area (TPSA) is 77.3 Å².